The van der Waals surface area contributed by atoms with Gasteiger partial charge in [0, 0.05) is 30.6 Å². The maximum atomic E-state index is 11.5. The van der Waals surface area contributed by atoms with Gasteiger partial charge in [-0.25, -0.2) is 0 Å². The summed E-state index contributed by atoms with van der Waals surface area (Å²) >= 11 is 0. The van der Waals surface area contributed by atoms with E-state index in [0.717, 1.165) is 35.9 Å². The number of carbonyl (C=O) groups is 1. The number of hydrogen-bond acceptors (Lipinski definition) is 3. The molecule has 1 aromatic carbocycles. The van der Waals surface area contributed by atoms with Crippen molar-refractivity contribution in [3.8, 4) is 11.4 Å². The zero-order valence-corrected chi connectivity index (χ0v) is 12.3. The second-order valence-electron chi connectivity index (χ2n) is 5.38. The molecule has 1 amide bonds. The van der Waals surface area contributed by atoms with Crippen LogP contribution in [0.15, 0.2) is 24.3 Å². The Morgan fingerprint density at radius 1 is 1.29 bits per heavy atom. The average Bonchev–Trinajstić information content (AvgIpc) is 2.76. The van der Waals surface area contributed by atoms with Crippen LogP contribution in [0.25, 0.3) is 11.4 Å². The second-order valence-corrected chi connectivity index (χ2v) is 5.38. The number of hydrogen-bond donors (Lipinski definition) is 1. The van der Waals surface area contributed by atoms with Crippen molar-refractivity contribution in [2.45, 2.75) is 45.6 Å². The molecule has 5 nitrogen and oxygen atoms in total. The van der Waals surface area contributed by atoms with Gasteiger partial charge < -0.3 is 9.88 Å². The Morgan fingerprint density at radius 3 is 3.05 bits per heavy atom. The lowest BCUT2D eigenvalue weighted by atomic mass is 10.2. The molecule has 0 atom stereocenters. The molecule has 21 heavy (non-hydrogen) atoms. The number of aryl methyl sites for hydroxylation is 1. The molecule has 0 fully saturated rings. The third-order valence-electron chi connectivity index (χ3n) is 3.84. The van der Waals surface area contributed by atoms with Gasteiger partial charge in [0.05, 0.1) is 0 Å². The molecule has 0 bridgehead atoms. The number of fused-ring (bicyclic) bond motifs is 1. The van der Waals surface area contributed by atoms with Crippen molar-refractivity contribution < 1.29 is 4.79 Å². The number of nitrogens with zero attached hydrogens (tertiary/aromatic N) is 3. The molecule has 1 aliphatic rings. The van der Waals surface area contributed by atoms with Crippen LogP contribution in [-0.4, -0.2) is 20.7 Å². The lowest BCUT2D eigenvalue weighted by Crippen LogP contribution is -2.09. The summed E-state index contributed by atoms with van der Waals surface area (Å²) in [7, 11) is 0. The van der Waals surface area contributed by atoms with Gasteiger partial charge in [-0.3, -0.25) is 4.79 Å². The minimum atomic E-state index is 0.0206. The van der Waals surface area contributed by atoms with Gasteiger partial charge in [0.2, 0.25) is 5.91 Å². The van der Waals surface area contributed by atoms with Gasteiger partial charge in [-0.15, -0.1) is 10.2 Å². The number of anilines is 1. The first-order valence-corrected chi connectivity index (χ1v) is 7.60. The third-order valence-corrected chi connectivity index (χ3v) is 3.84. The highest BCUT2D eigenvalue weighted by molar-refractivity contribution is 5.91. The van der Waals surface area contributed by atoms with Crippen molar-refractivity contribution in [3.05, 3.63) is 30.1 Å². The number of rotatable bonds is 3. The zero-order chi connectivity index (χ0) is 14.7. The molecule has 1 N–H and O–H groups in total. The van der Waals surface area contributed by atoms with Crippen LogP contribution in [0.5, 0.6) is 0 Å². The van der Waals surface area contributed by atoms with E-state index < -0.39 is 0 Å². The predicted octanol–water partition coefficient (Wildman–Crippen LogP) is 3.02. The maximum Gasteiger partial charge on any atom is 0.224 e. The minimum Gasteiger partial charge on any atom is -0.326 e. The highest BCUT2D eigenvalue weighted by atomic mass is 16.1. The van der Waals surface area contributed by atoms with E-state index >= 15 is 0 Å². The minimum absolute atomic E-state index is 0.0206. The monoisotopic (exact) mass is 284 g/mol. The average molecular weight is 284 g/mol. The molecular formula is C16H20N4O. The summed E-state index contributed by atoms with van der Waals surface area (Å²) in [6.45, 7) is 2.82. The van der Waals surface area contributed by atoms with E-state index in [0.29, 0.717) is 6.42 Å². The Labute approximate surface area is 124 Å². The molecular weight excluding hydrogens is 264 g/mol. The standard InChI is InChI=1S/C16H20N4O/c1-2-15(21)17-13-8-6-7-12(11-13)16-19-18-14-9-4-3-5-10-20(14)16/h6-8,11H,2-5,9-10H2,1H3,(H,17,21). The first-order chi connectivity index (χ1) is 10.3. The molecule has 5 heteroatoms. The SMILES string of the molecule is CCC(=O)Nc1cccc(-c2nnc3n2CCCCC3)c1. The van der Waals surface area contributed by atoms with E-state index in [2.05, 4.69) is 20.1 Å². The van der Waals surface area contributed by atoms with Crippen LogP contribution >= 0.6 is 0 Å². The van der Waals surface area contributed by atoms with Crippen molar-refractivity contribution in [3.63, 3.8) is 0 Å². The first kappa shape index (κ1) is 13.8. The lowest BCUT2D eigenvalue weighted by Gasteiger charge is -2.09. The lowest BCUT2D eigenvalue weighted by molar-refractivity contribution is -0.115. The van der Waals surface area contributed by atoms with Crippen LogP contribution in [0.3, 0.4) is 0 Å². The Kier molecular flexibility index (Phi) is 3.99. The van der Waals surface area contributed by atoms with Gasteiger partial charge in [-0.2, -0.15) is 0 Å². The predicted molar refractivity (Wildman–Crippen MR) is 81.9 cm³/mol. The first-order valence-electron chi connectivity index (χ1n) is 7.60. The molecule has 0 saturated heterocycles. The van der Waals surface area contributed by atoms with Crippen LogP contribution in [-0.2, 0) is 17.8 Å². The number of benzene rings is 1. The third kappa shape index (κ3) is 2.96. The van der Waals surface area contributed by atoms with Crippen molar-refractivity contribution in [2.75, 3.05) is 5.32 Å². The highest BCUT2D eigenvalue weighted by Crippen LogP contribution is 2.24. The van der Waals surface area contributed by atoms with Crippen molar-refractivity contribution in [1.82, 2.24) is 14.8 Å². The fraction of sp³-hybridized carbons (Fsp3) is 0.438. The molecule has 0 unspecified atom stereocenters. The number of aromatic nitrogens is 3. The summed E-state index contributed by atoms with van der Waals surface area (Å²) in [5, 5.41) is 11.6. The molecule has 0 spiro atoms. The van der Waals surface area contributed by atoms with E-state index in [4.69, 9.17) is 0 Å². The topological polar surface area (TPSA) is 59.8 Å². The quantitative estimate of drug-likeness (QED) is 0.942. The van der Waals surface area contributed by atoms with Crippen LogP contribution < -0.4 is 5.32 Å². The van der Waals surface area contributed by atoms with Gasteiger partial charge in [-0.05, 0) is 25.0 Å². The van der Waals surface area contributed by atoms with Gasteiger partial charge >= 0.3 is 0 Å². The Bertz CT molecular complexity index is 647. The van der Waals surface area contributed by atoms with E-state index in [1.165, 1.54) is 19.3 Å². The molecule has 0 radical (unpaired) electrons. The molecule has 2 aromatic rings. The molecule has 1 aromatic heterocycles. The molecule has 1 aliphatic heterocycles. The Morgan fingerprint density at radius 2 is 2.19 bits per heavy atom. The van der Waals surface area contributed by atoms with E-state index in [9.17, 15) is 4.79 Å². The highest BCUT2D eigenvalue weighted by Gasteiger charge is 2.16. The van der Waals surface area contributed by atoms with Crippen molar-refractivity contribution in [1.29, 1.82) is 0 Å². The molecule has 0 saturated carbocycles. The summed E-state index contributed by atoms with van der Waals surface area (Å²) in [6, 6.07) is 7.83. The number of nitrogens with one attached hydrogen (secondary N) is 1. The fourth-order valence-electron chi connectivity index (χ4n) is 2.68. The van der Waals surface area contributed by atoms with E-state index in [-0.39, 0.29) is 5.91 Å². The van der Waals surface area contributed by atoms with E-state index in [1.807, 2.05) is 31.2 Å². The smallest absolute Gasteiger partial charge is 0.224 e. The molecule has 110 valence electrons. The Hall–Kier alpha value is -2.17. The Balaban J connectivity index is 1.92. The van der Waals surface area contributed by atoms with Crippen LogP contribution in [0.4, 0.5) is 5.69 Å². The molecule has 3 rings (SSSR count). The van der Waals surface area contributed by atoms with Gasteiger partial charge in [0.1, 0.15) is 5.82 Å². The van der Waals surface area contributed by atoms with Gasteiger partial charge in [0.25, 0.3) is 0 Å². The summed E-state index contributed by atoms with van der Waals surface area (Å²) in [4.78, 5) is 11.5. The van der Waals surface area contributed by atoms with E-state index in [1.54, 1.807) is 0 Å². The number of amides is 1. The largest absolute Gasteiger partial charge is 0.326 e. The summed E-state index contributed by atoms with van der Waals surface area (Å²) in [5.74, 6) is 2.00. The summed E-state index contributed by atoms with van der Waals surface area (Å²) in [5.41, 5.74) is 1.81. The number of carbonyl (C=O) groups excluding carboxylic acids is 1. The van der Waals surface area contributed by atoms with Gasteiger partial charge in [-0.1, -0.05) is 25.5 Å². The summed E-state index contributed by atoms with van der Waals surface area (Å²) < 4.78 is 2.22. The van der Waals surface area contributed by atoms with Crippen LogP contribution in [0.1, 0.15) is 38.4 Å². The maximum absolute atomic E-state index is 11.5. The molecule has 0 aliphatic carbocycles. The summed E-state index contributed by atoms with van der Waals surface area (Å²) in [6.07, 6.45) is 5.08. The fourth-order valence-corrected chi connectivity index (χ4v) is 2.68. The molecule has 2 heterocycles. The second kappa shape index (κ2) is 6.08. The normalized spacial score (nSPS) is 14.3. The van der Waals surface area contributed by atoms with Crippen molar-refractivity contribution >= 4 is 11.6 Å². The zero-order valence-electron chi connectivity index (χ0n) is 12.3. The van der Waals surface area contributed by atoms with Gasteiger partial charge in [0.15, 0.2) is 5.82 Å². The van der Waals surface area contributed by atoms with Crippen LogP contribution in [0, 0.1) is 0 Å². The van der Waals surface area contributed by atoms with Crippen molar-refractivity contribution in [2.24, 2.45) is 0 Å². The van der Waals surface area contributed by atoms with Crippen LogP contribution in [0.2, 0.25) is 0 Å².